The van der Waals surface area contributed by atoms with Gasteiger partial charge in [-0.3, -0.25) is 14.4 Å². The van der Waals surface area contributed by atoms with Gasteiger partial charge in [-0.2, -0.15) is 0 Å². The van der Waals surface area contributed by atoms with E-state index in [2.05, 4.69) is 32.9 Å². The first-order chi connectivity index (χ1) is 31.0. The number of hydrogen-bond acceptors (Lipinski definition) is 6. The van der Waals surface area contributed by atoms with Crippen molar-refractivity contribution in [3.8, 4) is 0 Å². The molecule has 63 heavy (non-hydrogen) atoms. The van der Waals surface area contributed by atoms with Gasteiger partial charge >= 0.3 is 17.9 Å². The molecule has 372 valence electrons. The van der Waals surface area contributed by atoms with Gasteiger partial charge in [0.2, 0.25) is 0 Å². The SMILES string of the molecule is CCCCCCCC/C=C\CCCCCCCC(=O)OC(COC(=O)CCCCCCCCCC)COC(=O)CCCCCCCCCCCCCCCCCCCCCCCC. The molecule has 0 aliphatic rings. The second-order valence-corrected chi connectivity index (χ2v) is 19.2. The Morgan fingerprint density at radius 3 is 0.794 bits per heavy atom. The van der Waals surface area contributed by atoms with Crippen LogP contribution in [0, 0.1) is 0 Å². The lowest BCUT2D eigenvalue weighted by Gasteiger charge is -2.18. The molecule has 0 spiro atoms. The normalized spacial score (nSPS) is 12.0. The molecular formula is C57H108O6. The molecule has 0 aromatic rings. The summed E-state index contributed by atoms with van der Waals surface area (Å²) >= 11 is 0. The third-order valence-electron chi connectivity index (χ3n) is 12.8. The average molecular weight is 889 g/mol. The Hall–Kier alpha value is -1.85. The highest BCUT2D eigenvalue weighted by atomic mass is 16.6. The molecule has 0 saturated carbocycles. The average Bonchev–Trinajstić information content (AvgIpc) is 3.28. The molecule has 0 amide bonds. The summed E-state index contributed by atoms with van der Waals surface area (Å²) in [5, 5.41) is 0. The van der Waals surface area contributed by atoms with Crippen molar-refractivity contribution >= 4 is 17.9 Å². The molecule has 6 heteroatoms. The number of carbonyl (C=O) groups is 3. The van der Waals surface area contributed by atoms with Crippen LogP contribution in [0.25, 0.3) is 0 Å². The van der Waals surface area contributed by atoms with Gasteiger partial charge in [-0.25, -0.2) is 0 Å². The summed E-state index contributed by atoms with van der Waals surface area (Å²) in [5.74, 6) is -0.862. The summed E-state index contributed by atoms with van der Waals surface area (Å²) in [7, 11) is 0. The van der Waals surface area contributed by atoms with Crippen molar-refractivity contribution in [2.45, 2.75) is 322 Å². The topological polar surface area (TPSA) is 78.9 Å². The largest absolute Gasteiger partial charge is 0.462 e. The van der Waals surface area contributed by atoms with Crippen molar-refractivity contribution in [2.75, 3.05) is 13.2 Å². The second kappa shape index (κ2) is 52.8. The van der Waals surface area contributed by atoms with Crippen LogP contribution in [0.2, 0.25) is 0 Å². The Bertz CT molecular complexity index is 978. The fraction of sp³-hybridized carbons (Fsp3) is 0.912. The quantitative estimate of drug-likeness (QED) is 0.0262. The fourth-order valence-corrected chi connectivity index (χ4v) is 8.50. The molecule has 0 aliphatic carbocycles. The van der Waals surface area contributed by atoms with Crippen molar-refractivity contribution in [1.29, 1.82) is 0 Å². The fourth-order valence-electron chi connectivity index (χ4n) is 8.50. The van der Waals surface area contributed by atoms with Crippen molar-refractivity contribution < 1.29 is 28.6 Å². The van der Waals surface area contributed by atoms with Crippen molar-refractivity contribution in [1.82, 2.24) is 0 Å². The summed E-state index contributed by atoms with van der Waals surface area (Å²) in [6.07, 6.45) is 59.3. The first-order valence-corrected chi connectivity index (χ1v) is 28.2. The summed E-state index contributed by atoms with van der Waals surface area (Å²) in [5.41, 5.74) is 0. The monoisotopic (exact) mass is 889 g/mol. The first kappa shape index (κ1) is 61.1. The van der Waals surface area contributed by atoms with E-state index in [9.17, 15) is 14.4 Å². The van der Waals surface area contributed by atoms with Gasteiger partial charge < -0.3 is 14.2 Å². The van der Waals surface area contributed by atoms with Crippen LogP contribution in [0.5, 0.6) is 0 Å². The van der Waals surface area contributed by atoms with Gasteiger partial charge in [-0.05, 0) is 44.9 Å². The molecule has 0 aliphatic heterocycles. The van der Waals surface area contributed by atoms with E-state index < -0.39 is 6.10 Å². The highest BCUT2D eigenvalue weighted by Gasteiger charge is 2.19. The highest BCUT2D eigenvalue weighted by molar-refractivity contribution is 5.71. The molecule has 0 heterocycles. The Morgan fingerprint density at radius 2 is 0.524 bits per heavy atom. The predicted molar refractivity (Wildman–Crippen MR) is 270 cm³/mol. The van der Waals surface area contributed by atoms with Gasteiger partial charge in [0.1, 0.15) is 13.2 Å². The third kappa shape index (κ3) is 51.0. The Kier molecular flexibility index (Phi) is 51.2. The highest BCUT2D eigenvalue weighted by Crippen LogP contribution is 2.17. The van der Waals surface area contributed by atoms with Crippen LogP contribution >= 0.6 is 0 Å². The maximum Gasteiger partial charge on any atom is 0.306 e. The Balaban J connectivity index is 4.16. The van der Waals surface area contributed by atoms with Crippen LogP contribution in [0.1, 0.15) is 316 Å². The smallest absolute Gasteiger partial charge is 0.306 e. The molecule has 1 unspecified atom stereocenters. The van der Waals surface area contributed by atoms with Gasteiger partial charge in [0, 0.05) is 19.3 Å². The minimum atomic E-state index is -0.767. The number of rotatable bonds is 52. The molecule has 6 nitrogen and oxygen atoms in total. The zero-order chi connectivity index (χ0) is 45.8. The third-order valence-corrected chi connectivity index (χ3v) is 12.8. The summed E-state index contributed by atoms with van der Waals surface area (Å²) < 4.78 is 16.8. The summed E-state index contributed by atoms with van der Waals surface area (Å²) in [6, 6.07) is 0. The molecule has 0 radical (unpaired) electrons. The van der Waals surface area contributed by atoms with E-state index in [4.69, 9.17) is 14.2 Å². The predicted octanol–water partition coefficient (Wildman–Crippen LogP) is 18.5. The number of carbonyl (C=O) groups excluding carboxylic acids is 3. The van der Waals surface area contributed by atoms with Crippen LogP contribution in [0.15, 0.2) is 12.2 Å². The molecule has 0 aromatic carbocycles. The van der Waals surface area contributed by atoms with Crippen molar-refractivity contribution in [3.63, 3.8) is 0 Å². The van der Waals surface area contributed by atoms with Gasteiger partial charge in [-0.1, -0.05) is 264 Å². The Morgan fingerprint density at radius 1 is 0.302 bits per heavy atom. The summed E-state index contributed by atoms with van der Waals surface area (Å²) in [6.45, 7) is 6.65. The van der Waals surface area contributed by atoms with E-state index in [1.165, 1.54) is 212 Å². The van der Waals surface area contributed by atoms with E-state index in [-0.39, 0.29) is 31.1 Å². The van der Waals surface area contributed by atoms with Crippen molar-refractivity contribution in [2.24, 2.45) is 0 Å². The first-order valence-electron chi connectivity index (χ1n) is 28.2. The van der Waals surface area contributed by atoms with E-state index in [1.54, 1.807) is 0 Å². The molecule has 0 saturated heterocycles. The number of hydrogen-bond donors (Lipinski definition) is 0. The van der Waals surface area contributed by atoms with Gasteiger partial charge in [0.15, 0.2) is 6.10 Å². The maximum atomic E-state index is 12.8. The van der Waals surface area contributed by atoms with Crippen LogP contribution in [0.4, 0.5) is 0 Å². The lowest BCUT2D eigenvalue weighted by atomic mass is 10.0. The molecule has 0 bridgehead atoms. The molecule has 0 fully saturated rings. The molecule has 0 aromatic heterocycles. The minimum Gasteiger partial charge on any atom is -0.462 e. The molecule has 0 N–H and O–H groups in total. The number of unbranched alkanes of at least 4 members (excludes halogenated alkanes) is 39. The van der Waals surface area contributed by atoms with Crippen molar-refractivity contribution in [3.05, 3.63) is 12.2 Å². The molecule has 1 atom stereocenters. The lowest BCUT2D eigenvalue weighted by molar-refractivity contribution is -0.167. The van der Waals surface area contributed by atoms with Gasteiger partial charge in [-0.15, -0.1) is 0 Å². The van der Waals surface area contributed by atoms with Crippen LogP contribution in [-0.2, 0) is 28.6 Å². The standard InChI is InChI=1S/C57H108O6/c1-4-7-10-13-16-19-21-23-25-26-27-28-29-30-31-33-34-36-38-41-44-47-50-56(59)62-53-54(52-61-55(58)49-46-43-40-18-15-12-9-6-3)63-57(60)51-48-45-42-39-37-35-32-24-22-20-17-14-11-8-5-2/h24,32,54H,4-23,25-31,33-53H2,1-3H3/b32-24-. The lowest BCUT2D eigenvalue weighted by Crippen LogP contribution is -2.30. The van der Waals surface area contributed by atoms with Crippen LogP contribution in [-0.4, -0.2) is 37.2 Å². The maximum absolute atomic E-state index is 12.8. The zero-order valence-electron chi connectivity index (χ0n) is 42.6. The van der Waals surface area contributed by atoms with Gasteiger partial charge in [0.05, 0.1) is 0 Å². The van der Waals surface area contributed by atoms with E-state index in [1.807, 2.05) is 0 Å². The van der Waals surface area contributed by atoms with E-state index >= 15 is 0 Å². The van der Waals surface area contributed by atoms with E-state index in [0.29, 0.717) is 19.3 Å². The molecule has 0 rings (SSSR count). The number of esters is 3. The van der Waals surface area contributed by atoms with Crippen LogP contribution < -0.4 is 0 Å². The number of allylic oxidation sites excluding steroid dienone is 2. The molecular weight excluding hydrogens is 781 g/mol. The minimum absolute atomic E-state index is 0.0682. The summed E-state index contributed by atoms with van der Waals surface area (Å²) in [4.78, 5) is 37.9. The Labute approximate surface area is 392 Å². The second-order valence-electron chi connectivity index (χ2n) is 19.2. The van der Waals surface area contributed by atoms with Gasteiger partial charge in [0.25, 0.3) is 0 Å². The van der Waals surface area contributed by atoms with Crippen LogP contribution in [0.3, 0.4) is 0 Å². The zero-order valence-corrected chi connectivity index (χ0v) is 42.6. The number of ether oxygens (including phenoxy) is 3. The van der Waals surface area contributed by atoms with E-state index in [0.717, 1.165) is 64.2 Å².